The van der Waals surface area contributed by atoms with Crippen molar-refractivity contribution in [1.82, 2.24) is 15.0 Å². The molecule has 0 bridgehead atoms. The third-order valence-electron chi connectivity index (χ3n) is 7.66. The number of rotatable bonds is 3. The largest absolute Gasteiger partial charge is 0.256 e. The molecule has 40 heavy (non-hydrogen) atoms. The van der Waals surface area contributed by atoms with Crippen molar-refractivity contribution in [2.24, 2.45) is 0 Å². The van der Waals surface area contributed by atoms with E-state index in [4.69, 9.17) is 9.97 Å². The second kappa shape index (κ2) is 9.11. The first-order valence-corrected chi connectivity index (χ1v) is 13.4. The zero-order valence-electron chi connectivity index (χ0n) is 21.6. The fourth-order valence-electron chi connectivity index (χ4n) is 5.55. The average Bonchev–Trinajstić information content (AvgIpc) is 3.04. The molecule has 3 nitrogen and oxygen atoms in total. The standard InChI is InChI=1S/C37H23N3/c1-2-6-27-21-32(13-10-24(27)5-1)35-19-15-26-12-11-25-14-18-34(39-36(25)37(26)40-35)31-8-3-7-28(22-31)29-16-17-33-30(23-29)9-4-20-38-33/h1-23H. The van der Waals surface area contributed by atoms with Gasteiger partial charge in [-0.1, -0.05) is 91.0 Å². The van der Waals surface area contributed by atoms with Gasteiger partial charge in [0.25, 0.3) is 0 Å². The minimum atomic E-state index is 0.917. The summed E-state index contributed by atoms with van der Waals surface area (Å²) in [5.41, 5.74) is 9.22. The van der Waals surface area contributed by atoms with E-state index in [1.165, 1.54) is 10.8 Å². The van der Waals surface area contributed by atoms with E-state index in [1.54, 1.807) is 0 Å². The molecule has 0 N–H and O–H groups in total. The van der Waals surface area contributed by atoms with E-state index in [0.29, 0.717) is 0 Å². The van der Waals surface area contributed by atoms with Gasteiger partial charge in [-0.3, -0.25) is 4.98 Å². The first-order chi connectivity index (χ1) is 19.8. The van der Waals surface area contributed by atoms with Gasteiger partial charge in [0.1, 0.15) is 0 Å². The Kier molecular flexibility index (Phi) is 5.14. The minimum absolute atomic E-state index is 0.917. The molecule has 8 aromatic rings. The lowest BCUT2D eigenvalue weighted by atomic mass is 9.99. The molecule has 3 heterocycles. The van der Waals surface area contributed by atoms with Gasteiger partial charge in [0.05, 0.1) is 27.9 Å². The molecule has 3 heteroatoms. The van der Waals surface area contributed by atoms with Crippen LogP contribution in [0.15, 0.2) is 140 Å². The molecule has 5 aromatic carbocycles. The first kappa shape index (κ1) is 22.6. The van der Waals surface area contributed by atoms with Gasteiger partial charge in [-0.25, -0.2) is 9.97 Å². The maximum atomic E-state index is 5.17. The maximum Gasteiger partial charge on any atom is 0.0972 e. The predicted octanol–water partition coefficient (Wildman–Crippen LogP) is 9.49. The molecule has 3 aromatic heterocycles. The van der Waals surface area contributed by atoms with Crippen molar-refractivity contribution in [3.05, 3.63) is 140 Å². The highest BCUT2D eigenvalue weighted by Gasteiger charge is 2.10. The van der Waals surface area contributed by atoms with Crippen molar-refractivity contribution in [1.29, 1.82) is 0 Å². The van der Waals surface area contributed by atoms with Crippen molar-refractivity contribution in [3.8, 4) is 33.6 Å². The molecule has 0 unspecified atom stereocenters. The molecule has 0 amide bonds. The number of pyridine rings is 3. The monoisotopic (exact) mass is 509 g/mol. The zero-order chi connectivity index (χ0) is 26.5. The van der Waals surface area contributed by atoms with Gasteiger partial charge in [-0.05, 0) is 64.4 Å². The number of benzene rings is 5. The summed E-state index contributed by atoms with van der Waals surface area (Å²) < 4.78 is 0. The molecule has 0 aliphatic rings. The smallest absolute Gasteiger partial charge is 0.0972 e. The zero-order valence-corrected chi connectivity index (χ0v) is 21.6. The van der Waals surface area contributed by atoms with Crippen molar-refractivity contribution in [3.63, 3.8) is 0 Å². The Morgan fingerprint density at radius 2 is 0.925 bits per heavy atom. The van der Waals surface area contributed by atoms with E-state index in [2.05, 4.69) is 132 Å². The fraction of sp³-hybridized carbons (Fsp3) is 0. The van der Waals surface area contributed by atoms with Crippen LogP contribution >= 0.6 is 0 Å². The minimum Gasteiger partial charge on any atom is -0.256 e. The Bertz CT molecular complexity index is 2230. The summed E-state index contributed by atoms with van der Waals surface area (Å²) in [4.78, 5) is 14.8. The van der Waals surface area contributed by atoms with Crippen molar-refractivity contribution >= 4 is 43.5 Å². The highest BCUT2D eigenvalue weighted by molar-refractivity contribution is 6.04. The third-order valence-corrected chi connectivity index (χ3v) is 7.66. The summed E-state index contributed by atoms with van der Waals surface area (Å²) in [5, 5.41) is 5.74. The number of fused-ring (bicyclic) bond motifs is 5. The SMILES string of the molecule is c1cc(-c2ccc3ncccc3c2)cc(-c2ccc3ccc4ccc(-c5ccc6ccccc6c5)nc4c3n2)c1. The van der Waals surface area contributed by atoms with Gasteiger partial charge in [0.2, 0.25) is 0 Å². The lowest BCUT2D eigenvalue weighted by molar-refractivity contribution is 1.37. The van der Waals surface area contributed by atoms with Gasteiger partial charge in [-0.2, -0.15) is 0 Å². The molecule has 186 valence electrons. The Labute approximate surface area is 231 Å². The maximum absolute atomic E-state index is 5.17. The van der Waals surface area contributed by atoms with Crippen LogP contribution in [0.3, 0.4) is 0 Å². The Balaban J connectivity index is 1.24. The normalized spacial score (nSPS) is 11.5. The van der Waals surface area contributed by atoms with Crippen molar-refractivity contribution in [2.75, 3.05) is 0 Å². The van der Waals surface area contributed by atoms with Crippen LogP contribution in [0.4, 0.5) is 0 Å². The van der Waals surface area contributed by atoms with E-state index in [0.717, 1.165) is 66.4 Å². The molecular formula is C37H23N3. The van der Waals surface area contributed by atoms with Crippen LogP contribution in [-0.4, -0.2) is 15.0 Å². The van der Waals surface area contributed by atoms with E-state index < -0.39 is 0 Å². The Hall–Kier alpha value is -5.41. The predicted molar refractivity (Wildman–Crippen MR) is 166 cm³/mol. The summed E-state index contributed by atoms with van der Waals surface area (Å²) in [6.07, 6.45) is 1.83. The van der Waals surface area contributed by atoms with Gasteiger partial charge in [-0.15, -0.1) is 0 Å². The summed E-state index contributed by atoms with van der Waals surface area (Å²) in [6.45, 7) is 0. The Morgan fingerprint density at radius 1 is 0.350 bits per heavy atom. The highest BCUT2D eigenvalue weighted by Crippen LogP contribution is 2.32. The van der Waals surface area contributed by atoms with Gasteiger partial charge in [0.15, 0.2) is 0 Å². The topological polar surface area (TPSA) is 38.7 Å². The van der Waals surface area contributed by atoms with Gasteiger partial charge >= 0.3 is 0 Å². The van der Waals surface area contributed by atoms with E-state index in [-0.39, 0.29) is 0 Å². The van der Waals surface area contributed by atoms with Crippen LogP contribution in [0, 0.1) is 0 Å². The second-order valence-electron chi connectivity index (χ2n) is 10.2. The summed E-state index contributed by atoms with van der Waals surface area (Å²) in [6, 6.07) is 46.8. The molecule has 8 rings (SSSR count). The summed E-state index contributed by atoms with van der Waals surface area (Å²) >= 11 is 0. The number of nitrogens with zero attached hydrogens (tertiary/aromatic N) is 3. The van der Waals surface area contributed by atoms with E-state index in [9.17, 15) is 0 Å². The van der Waals surface area contributed by atoms with Crippen LogP contribution < -0.4 is 0 Å². The molecule has 0 saturated carbocycles. The van der Waals surface area contributed by atoms with E-state index in [1.807, 2.05) is 12.3 Å². The lowest BCUT2D eigenvalue weighted by Gasteiger charge is -2.10. The van der Waals surface area contributed by atoms with Crippen LogP contribution in [0.5, 0.6) is 0 Å². The van der Waals surface area contributed by atoms with Crippen LogP contribution in [0.25, 0.3) is 77.1 Å². The molecule has 0 fully saturated rings. The average molecular weight is 510 g/mol. The molecular weight excluding hydrogens is 486 g/mol. The highest BCUT2D eigenvalue weighted by atomic mass is 14.8. The molecule has 0 aliphatic carbocycles. The fourth-order valence-corrected chi connectivity index (χ4v) is 5.55. The molecule has 0 aliphatic heterocycles. The van der Waals surface area contributed by atoms with Crippen LogP contribution in [0.1, 0.15) is 0 Å². The summed E-state index contributed by atoms with van der Waals surface area (Å²) in [7, 11) is 0. The van der Waals surface area contributed by atoms with Crippen molar-refractivity contribution < 1.29 is 0 Å². The molecule has 0 spiro atoms. The van der Waals surface area contributed by atoms with Crippen LogP contribution in [0.2, 0.25) is 0 Å². The second-order valence-corrected chi connectivity index (χ2v) is 10.2. The number of aromatic nitrogens is 3. The Morgan fingerprint density at radius 3 is 1.73 bits per heavy atom. The number of hydrogen-bond acceptors (Lipinski definition) is 3. The summed E-state index contributed by atoms with van der Waals surface area (Å²) in [5.74, 6) is 0. The third kappa shape index (κ3) is 3.88. The first-order valence-electron chi connectivity index (χ1n) is 13.4. The molecule has 0 atom stereocenters. The van der Waals surface area contributed by atoms with Crippen molar-refractivity contribution in [2.45, 2.75) is 0 Å². The lowest BCUT2D eigenvalue weighted by Crippen LogP contribution is -1.91. The quantitative estimate of drug-likeness (QED) is 0.223. The van der Waals surface area contributed by atoms with Gasteiger partial charge in [0, 0.05) is 33.5 Å². The van der Waals surface area contributed by atoms with E-state index >= 15 is 0 Å². The molecule has 0 radical (unpaired) electrons. The van der Waals surface area contributed by atoms with Gasteiger partial charge < -0.3 is 0 Å². The number of hydrogen-bond donors (Lipinski definition) is 0. The van der Waals surface area contributed by atoms with Crippen LogP contribution in [-0.2, 0) is 0 Å². The molecule has 0 saturated heterocycles.